The lowest BCUT2D eigenvalue weighted by molar-refractivity contribution is 0.0546. The van der Waals surface area contributed by atoms with Crippen LogP contribution in [-0.2, 0) is 0 Å². The molecule has 0 aliphatic carbocycles. The summed E-state index contributed by atoms with van der Waals surface area (Å²) in [5, 5.41) is 9.40. The van der Waals surface area contributed by atoms with Crippen LogP contribution in [0.25, 0.3) is 0 Å². The van der Waals surface area contributed by atoms with Crippen LogP contribution >= 0.6 is 15.9 Å². The van der Waals surface area contributed by atoms with Crippen LogP contribution in [0.2, 0.25) is 0 Å². The number of anilines is 1. The van der Waals surface area contributed by atoms with Gasteiger partial charge in [-0.25, -0.2) is 0 Å². The fourth-order valence-electron chi connectivity index (χ4n) is 1.99. The van der Waals surface area contributed by atoms with Crippen LogP contribution in [0, 0.1) is 0 Å². The number of hydrogen-bond donors (Lipinski definition) is 2. The van der Waals surface area contributed by atoms with Gasteiger partial charge in [-0.1, -0.05) is 15.9 Å². The topological polar surface area (TPSA) is 66.6 Å². The Morgan fingerprint density at radius 3 is 2.59 bits per heavy atom. The van der Waals surface area contributed by atoms with Crippen molar-refractivity contribution in [1.82, 2.24) is 4.90 Å². The lowest BCUT2D eigenvalue weighted by Crippen LogP contribution is -2.40. The van der Waals surface area contributed by atoms with Gasteiger partial charge in [0.05, 0.1) is 6.10 Å². The Balaban J connectivity index is 2.14. The van der Waals surface area contributed by atoms with Crippen molar-refractivity contribution in [1.29, 1.82) is 0 Å². The van der Waals surface area contributed by atoms with Crippen molar-refractivity contribution < 1.29 is 9.90 Å². The highest BCUT2D eigenvalue weighted by atomic mass is 79.9. The van der Waals surface area contributed by atoms with E-state index in [9.17, 15) is 9.90 Å². The number of hydrogen-bond acceptors (Lipinski definition) is 3. The number of benzene rings is 1. The van der Waals surface area contributed by atoms with Gasteiger partial charge >= 0.3 is 0 Å². The first-order chi connectivity index (χ1) is 8.06. The number of piperidine rings is 1. The summed E-state index contributed by atoms with van der Waals surface area (Å²) in [4.78, 5) is 13.9. The summed E-state index contributed by atoms with van der Waals surface area (Å²) in [5.74, 6) is -0.0232. The van der Waals surface area contributed by atoms with Gasteiger partial charge in [0.25, 0.3) is 5.91 Å². The summed E-state index contributed by atoms with van der Waals surface area (Å²) in [5.41, 5.74) is 6.87. The quantitative estimate of drug-likeness (QED) is 0.775. The number of aliphatic hydroxyl groups is 1. The van der Waals surface area contributed by atoms with Gasteiger partial charge in [0.15, 0.2) is 0 Å². The summed E-state index contributed by atoms with van der Waals surface area (Å²) in [6, 6.07) is 5.21. The molecule has 4 nitrogen and oxygen atoms in total. The zero-order valence-electron chi connectivity index (χ0n) is 9.40. The van der Waals surface area contributed by atoms with E-state index in [1.54, 1.807) is 23.1 Å². The average Bonchev–Trinajstić information content (AvgIpc) is 2.28. The molecule has 1 aromatic carbocycles. The number of rotatable bonds is 1. The third-order valence-corrected chi connectivity index (χ3v) is 3.38. The van der Waals surface area contributed by atoms with Gasteiger partial charge in [0.2, 0.25) is 0 Å². The number of carbonyl (C=O) groups is 1. The highest BCUT2D eigenvalue weighted by Gasteiger charge is 2.22. The van der Waals surface area contributed by atoms with Crippen LogP contribution in [0.1, 0.15) is 23.2 Å². The van der Waals surface area contributed by atoms with Gasteiger partial charge in [-0.2, -0.15) is 0 Å². The monoisotopic (exact) mass is 298 g/mol. The molecule has 1 amide bonds. The Hall–Kier alpha value is -1.07. The molecule has 1 aliphatic rings. The number of likely N-dealkylation sites (tertiary alicyclic amines) is 1. The Morgan fingerprint density at radius 1 is 1.35 bits per heavy atom. The van der Waals surface area contributed by atoms with Crippen molar-refractivity contribution in [3.05, 3.63) is 28.2 Å². The number of aliphatic hydroxyl groups excluding tert-OH is 1. The Morgan fingerprint density at radius 2 is 2.00 bits per heavy atom. The van der Waals surface area contributed by atoms with Gasteiger partial charge in [0.1, 0.15) is 0 Å². The van der Waals surface area contributed by atoms with Gasteiger partial charge in [-0.15, -0.1) is 0 Å². The van der Waals surface area contributed by atoms with E-state index in [1.165, 1.54) is 0 Å². The third kappa shape index (κ3) is 2.98. The van der Waals surface area contributed by atoms with Crippen molar-refractivity contribution in [2.45, 2.75) is 18.9 Å². The molecule has 1 heterocycles. The number of carbonyl (C=O) groups excluding carboxylic acids is 1. The van der Waals surface area contributed by atoms with Crippen molar-refractivity contribution >= 4 is 27.5 Å². The second-order valence-corrected chi connectivity index (χ2v) is 5.21. The molecule has 0 radical (unpaired) electrons. The van der Waals surface area contributed by atoms with E-state index >= 15 is 0 Å². The zero-order chi connectivity index (χ0) is 12.4. The van der Waals surface area contributed by atoms with E-state index < -0.39 is 0 Å². The minimum Gasteiger partial charge on any atom is -0.399 e. The molecule has 1 aliphatic heterocycles. The van der Waals surface area contributed by atoms with Crippen LogP contribution in [0.4, 0.5) is 5.69 Å². The molecule has 0 spiro atoms. The maximum atomic E-state index is 12.2. The molecule has 5 heteroatoms. The van der Waals surface area contributed by atoms with E-state index in [0.29, 0.717) is 37.2 Å². The van der Waals surface area contributed by atoms with Crippen LogP contribution in [0.15, 0.2) is 22.7 Å². The highest BCUT2D eigenvalue weighted by Crippen LogP contribution is 2.20. The van der Waals surface area contributed by atoms with Crippen LogP contribution in [0.3, 0.4) is 0 Å². The molecule has 1 fully saturated rings. The Kier molecular flexibility index (Phi) is 3.69. The number of nitrogens with zero attached hydrogens (tertiary/aromatic N) is 1. The standard InChI is InChI=1S/C12H15BrN2O2/c13-9-5-8(6-10(14)7-9)12(17)15-3-1-11(16)2-4-15/h5-7,11,16H,1-4,14H2. The molecule has 0 atom stereocenters. The van der Waals surface area contributed by atoms with Gasteiger partial charge in [0, 0.05) is 28.8 Å². The van der Waals surface area contributed by atoms with Gasteiger partial charge in [-0.3, -0.25) is 4.79 Å². The smallest absolute Gasteiger partial charge is 0.253 e. The summed E-state index contributed by atoms with van der Waals surface area (Å²) in [7, 11) is 0. The molecule has 0 unspecified atom stereocenters. The predicted molar refractivity (Wildman–Crippen MR) is 69.7 cm³/mol. The highest BCUT2D eigenvalue weighted by molar-refractivity contribution is 9.10. The molecule has 0 aromatic heterocycles. The normalized spacial score (nSPS) is 17.2. The Bertz CT molecular complexity index is 408. The maximum Gasteiger partial charge on any atom is 0.253 e. The number of halogens is 1. The van der Waals surface area contributed by atoms with Crippen LogP contribution < -0.4 is 5.73 Å². The first-order valence-electron chi connectivity index (χ1n) is 5.59. The summed E-state index contributed by atoms with van der Waals surface area (Å²) >= 11 is 3.32. The maximum absolute atomic E-state index is 12.2. The predicted octanol–water partition coefficient (Wildman–Crippen LogP) is 1.63. The van der Waals surface area contributed by atoms with E-state index in [2.05, 4.69) is 15.9 Å². The number of nitrogens with two attached hydrogens (primary N) is 1. The fourth-order valence-corrected chi connectivity index (χ4v) is 2.50. The molecule has 3 N–H and O–H groups in total. The van der Waals surface area contributed by atoms with Crippen molar-refractivity contribution in [2.75, 3.05) is 18.8 Å². The van der Waals surface area contributed by atoms with E-state index in [0.717, 1.165) is 4.47 Å². The van der Waals surface area contributed by atoms with Gasteiger partial charge < -0.3 is 15.7 Å². The molecule has 0 saturated carbocycles. The molecule has 1 aromatic rings. The summed E-state index contributed by atoms with van der Waals surface area (Å²) in [6.07, 6.45) is 1.02. The van der Waals surface area contributed by atoms with Crippen LogP contribution in [-0.4, -0.2) is 35.1 Å². The fraction of sp³-hybridized carbons (Fsp3) is 0.417. The second-order valence-electron chi connectivity index (χ2n) is 4.30. The van der Waals surface area contributed by atoms with Crippen molar-refractivity contribution in [2.24, 2.45) is 0 Å². The average molecular weight is 299 g/mol. The van der Waals surface area contributed by atoms with Crippen LogP contribution in [0.5, 0.6) is 0 Å². The zero-order valence-corrected chi connectivity index (χ0v) is 11.0. The minimum absolute atomic E-state index is 0.0232. The first-order valence-corrected chi connectivity index (χ1v) is 6.39. The summed E-state index contributed by atoms with van der Waals surface area (Å²) < 4.78 is 0.804. The molecule has 2 rings (SSSR count). The summed E-state index contributed by atoms with van der Waals surface area (Å²) in [6.45, 7) is 1.21. The van der Waals surface area contributed by atoms with E-state index in [1.807, 2.05) is 0 Å². The molecule has 92 valence electrons. The Labute approximate surface area is 109 Å². The molecular formula is C12H15BrN2O2. The molecule has 17 heavy (non-hydrogen) atoms. The third-order valence-electron chi connectivity index (χ3n) is 2.92. The second kappa shape index (κ2) is 5.06. The molecular weight excluding hydrogens is 284 g/mol. The van der Waals surface area contributed by atoms with Gasteiger partial charge in [-0.05, 0) is 31.0 Å². The molecule has 1 saturated heterocycles. The van der Waals surface area contributed by atoms with Crippen molar-refractivity contribution in [3.63, 3.8) is 0 Å². The van der Waals surface area contributed by atoms with E-state index in [4.69, 9.17) is 5.73 Å². The number of amides is 1. The largest absolute Gasteiger partial charge is 0.399 e. The molecule has 0 bridgehead atoms. The first kappa shape index (κ1) is 12.4. The van der Waals surface area contributed by atoms with Crippen molar-refractivity contribution in [3.8, 4) is 0 Å². The lowest BCUT2D eigenvalue weighted by atomic mass is 10.1. The SMILES string of the molecule is Nc1cc(Br)cc(C(=O)N2CCC(O)CC2)c1. The van der Waals surface area contributed by atoms with E-state index in [-0.39, 0.29) is 12.0 Å². The minimum atomic E-state index is -0.272. The lowest BCUT2D eigenvalue weighted by Gasteiger charge is -2.29. The number of nitrogen functional groups attached to an aromatic ring is 1.